The van der Waals surface area contributed by atoms with E-state index >= 15 is 0 Å². The highest BCUT2D eigenvalue weighted by atomic mass is 32.2. The molecule has 1 fully saturated rings. The third-order valence-corrected chi connectivity index (χ3v) is 5.82. The normalized spacial score (nSPS) is 16.9. The molecular weight excluding hydrogens is 362 g/mol. The van der Waals surface area contributed by atoms with Crippen molar-refractivity contribution in [2.75, 3.05) is 18.9 Å². The van der Waals surface area contributed by atoms with Crippen LogP contribution in [0, 0.1) is 0 Å². The summed E-state index contributed by atoms with van der Waals surface area (Å²) in [6, 6.07) is 11.7. The van der Waals surface area contributed by atoms with Gasteiger partial charge in [-0.15, -0.1) is 0 Å². The highest BCUT2D eigenvalue weighted by molar-refractivity contribution is 7.99. The Bertz CT molecular complexity index is 1060. The largest absolute Gasteiger partial charge is 0.376 e. The van der Waals surface area contributed by atoms with Gasteiger partial charge in [-0.3, -0.25) is 14.2 Å². The number of rotatable bonds is 5. The Morgan fingerprint density at radius 2 is 2.11 bits per heavy atom. The number of ether oxygens (including phenoxy) is 1. The maximum absolute atomic E-state index is 12.7. The molecule has 6 nitrogen and oxygen atoms in total. The lowest BCUT2D eigenvalue weighted by Gasteiger charge is -2.12. The van der Waals surface area contributed by atoms with E-state index in [1.165, 1.54) is 16.3 Å². The molecule has 2 aromatic carbocycles. The molecule has 0 bridgehead atoms. The maximum atomic E-state index is 12.7. The Hall–Kier alpha value is -2.38. The fourth-order valence-electron chi connectivity index (χ4n) is 3.28. The first kappa shape index (κ1) is 18.0. The fraction of sp³-hybridized carbons (Fsp3) is 0.350. The molecule has 27 heavy (non-hydrogen) atoms. The summed E-state index contributed by atoms with van der Waals surface area (Å²) in [5.74, 6) is 0.134. The van der Waals surface area contributed by atoms with Gasteiger partial charge in [0.25, 0.3) is 5.56 Å². The van der Waals surface area contributed by atoms with Gasteiger partial charge in [0.15, 0.2) is 5.16 Å². The van der Waals surface area contributed by atoms with Crippen molar-refractivity contribution in [2.24, 2.45) is 7.05 Å². The van der Waals surface area contributed by atoms with Crippen molar-refractivity contribution in [3.05, 3.63) is 46.8 Å². The van der Waals surface area contributed by atoms with Crippen LogP contribution in [0.2, 0.25) is 0 Å². The molecule has 0 radical (unpaired) electrons. The minimum absolute atomic E-state index is 0.0802. The van der Waals surface area contributed by atoms with E-state index < -0.39 is 0 Å². The van der Waals surface area contributed by atoms with E-state index in [0.29, 0.717) is 22.6 Å². The molecule has 7 heteroatoms. The highest BCUT2D eigenvalue weighted by Gasteiger charge is 2.17. The topological polar surface area (TPSA) is 73.2 Å². The molecule has 1 aliphatic rings. The molecule has 140 valence electrons. The third-order valence-electron chi connectivity index (χ3n) is 4.79. The minimum atomic E-state index is -0.104. The molecule has 1 atom stereocenters. The Morgan fingerprint density at radius 1 is 1.33 bits per heavy atom. The lowest BCUT2D eigenvalue weighted by atomic mass is 10.1. The molecule has 1 amide bonds. The van der Waals surface area contributed by atoms with Crippen LogP contribution >= 0.6 is 11.8 Å². The zero-order chi connectivity index (χ0) is 18.8. The van der Waals surface area contributed by atoms with Crippen molar-refractivity contribution in [3.63, 3.8) is 0 Å². The van der Waals surface area contributed by atoms with Gasteiger partial charge in [0, 0.05) is 20.2 Å². The molecule has 0 unspecified atom stereocenters. The van der Waals surface area contributed by atoms with Crippen LogP contribution < -0.4 is 10.9 Å². The van der Waals surface area contributed by atoms with Crippen LogP contribution in [0.1, 0.15) is 12.8 Å². The highest BCUT2D eigenvalue weighted by Crippen LogP contribution is 2.22. The molecule has 0 aliphatic carbocycles. The van der Waals surface area contributed by atoms with Gasteiger partial charge in [-0.1, -0.05) is 36.0 Å². The number of carbonyl (C=O) groups excluding carboxylic acids is 1. The SMILES string of the molecule is Cn1c(SCC(=O)NC[C@H]2CCCO2)nc2cc3ccccc3cc2c1=O. The second-order valence-corrected chi connectivity index (χ2v) is 7.65. The van der Waals surface area contributed by atoms with E-state index in [1.807, 2.05) is 36.4 Å². The number of nitrogens with zero attached hydrogens (tertiary/aromatic N) is 2. The monoisotopic (exact) mass is 383 g/mol. The number of amides is 1. The number of nitrogens with one attached hydrogen (secondary N) is 1. The summed E-state index contributed by atoms with van der Waals surface area (Å²) >= 11 is 1.27. The molecule has 0 saturated carbocycles. The molecule has 3 aromatic rings. The Morgan fingerprint density at radius 3 is 2.85 bits per heavy atom. The van der Waals surface area contributed by atoms with Gasteiger partial charge < -0.3 is 10.1 Å². The fourth-order valence-corrected chi connectivity index (χ4v) is 4.08. The molecule has 4 rings (SSSR count). The van der Waals surface area contributed by atoms with Crippen molar-refractivity contribution in [2.45, 2.75) is 24.1 Å². The van der Waals surface area contributed by atoms with E-state index in [0.717, 1.165) is 30.2 Å². The quantitative estimate of drug-likeness (QED) is 0.416. The van der Waals surface area contributed by atoms with Crippen molar-refractivity contribution < 1.29 is 9.53 Å². The van der Waals surface area contributed by atoms with Crippen LogP contribution in [0.15, 0.2) is 46.3 Å². The number of hydrogen-bond acceptors (Lipinski definition) is 5. The summed E-state index contributed by atoms with van der Waals surface area (Å²) in [6.07, 6.45) is 2.16. The van der Waals surface area contributed by atoms with Gasteiger partial charge >= 0.3 is 0 Å². The van der Waals surface area contributed by atoms with E-state index in [1.54, 1.807) is 7.05 Å². The summed E-state index contributed by atoms with van der Waals surface area (Å²) in [6.45, 7) is 1.31. The number of hydrogen-bond donors (Lipinski definition) is 1. The standard InChI is InChI=1S/C20H21N3O3S/c1-23-19(25)16-9-13-5-2-3-6-14(13)10-17(16)22-20(23)27-12-18(24)21-11-15-7-4-8-26-15/h2-3,5-6,9-10,15H,4,7-8,11-12H2,1H3,(H,21,24)/t15-/m1/s1. The summed E-state index contributed by atoms with van der Waals surface area (Å²) in [5.41, 5.74) is 0.548. The van der Waals surface area contributed by atoms with Crippen LogP contribution in [0.5, 0.6) is 0 Å². The predicted molar refractivity (Wildman–Crippen MR) is 107 cm³/mol. The molecule has 1 N–H and O–H groups in total. The van der Waals surface area contributed by atoms with Gasteiger partial charge in [-0.05, 0) is 35.7 Å². The summed E-state index contributed by atoms with van der Waals surface area (Å²) < 4.78 is 7.01. The van der Waals surface area contributed by atoms with Crippen molar-refractivity contribution in [1.82, 2.24) is 14.9 Å². The van der Waals surface area contributed by atoms with Crippen LogP contribution in [0.3, 0.4) is 0 Å². The summed E-state index contributed by atoms with van der Waals surface area (Å²) in [4.78, 5) is 29.5. The van der Waals surface area contributed by atoms with Crippen LogP contribution in [0.4, 0.5) is 0 Å². The lowest BCUT2D eigenvalue weighted by molar-refractivity contribution is -0.119. The van der Waals surface area contributed by atoms with Gasteiger partial charge in [0.1, 0.15) is 0 Å². The zero-order valence-corrected chi connectivity index (χ0v) is 15.9. The van der Waals surface area contributed by atoms with Gasteiger partial charge in [-0.25, -0.2) is 4.98 Å². The number of aromatic nitrogens is 2. The van der Waals surface area contributed by atoms with Crippen molar-refractivity contribution in [3.8, 4) is 0 Å². The Kier molecular flexibility index (Phi) is 5.13. The number of benzene rings is 2. The first-order valence-electron chi connectivity index (χ1n) is 9.02. The lowest BCUT2D eigenvalue weighted by Crippen LogP contribution is -2.33. The van der Waals surface area contributed by atoms with Crippen LogP contribution in [-0.2, 0) is 16.6 Å². The van der Waals surface area contributed by atoms with Crippen molar-refractivity contribution >= 4 is 39.3 Å². The first-order chi connectivity index (χ1) is 13.1. The van der Waals surface area contributed by atoms with Gasteiger partial charge in [-0.2, -0.15) is 0 Å². The van der Waals surface area contributed by atoms with E-state index in [4.69, 9.17) is 4.74 Å². The van der Waals surface area contributed by atoms with Gasteiger partial charge in [0.2, 0.25) is 5.91 Å². The second kappa shape index (κ2) is 7.70. The minimum Gasteiger partial charge on any atom is -0.376 e. The van der Waals surface area contributed by atoms with Crippen LogP contribution in [-0.4, -0.2) is 40.5 Å². The Balaban J connectivity index is 1.52. The summed E-state index contributed by atoms with van der Waals surface area (Å²) in [7, 11) is 1.69. The van der Waals surface area contributed by atoms with E-state index in [-0.39, 0.29) is 23.3 Å². The van der Waals surface area contributed by atoms with Crippen LogP contribution in [0.25, 0.3) is 21.7 Å². The second-order valence-electron chi connectivity index (χ2n) is 6.70. The molecular formula is C20H21N3O3S. The summed E-state index contributed by atoms with van der Waals surface area (Å²) in [5, 5.41) is 6.06. The maximum Gasteiger partial charge on any atom is 0.261 e. The number of fused-ring (bicyclic) bond motifs is 2. The smallest absolute Gasteiger partial charge is 0.261 e. The van der Waals surface area contributed by atoms with Gasteiger partial charge in [0.05, 0.1) is 22.8 Å². The zero-order valence-electron chi connectivity index (χ0n) is 15.1. The van der Waals surface area contributed by atoms with E-state index in [9.17, 15) is 9.59 Å². The Labute approximate surface area is 160 Å². The molecule has 1 aromatic heterocycles. The molecule has 1 aliphatic heterocycles. The first-order valence-corrected chi connectivity index (χ1v) is 10.0. The van der Waals surface area contributed by atoms with E-state index in [2.05, 4.69) is 10.3 Å². The third kappa shape index (κ3) is 3.84. The predicted octanol–water partition coefficient (Wildman–Crippen LogP) is 2.47. The molecule has 2 heterocycles. The average molecular weight is 383 g/mol. The molecule has 1 saturated heterocycles. The number of carbonyl (C=O) groups is 1. The molecule has 0 spiro atoms. The van der Waals surface area contributed by atoms with Crippen molar-refractivity contribution in [1.29, 1.82) is 0 Å². The average Bonchev–Trinajstić information content (AvgIpc) is 3.20. The number of thioether (sulfide) groups is 1.